The SMILES string of the molecule is Cc1nc(C)c2c(n1)[C@@]1(C)CC[C@@H]2C1. The Labute approximate surface area is 84.8 Å². The van der Waals surface area contributed by atoms with Crippen molar-refractivity contribution in [2.45, 2.75) is 51.4 Å². The number of rotatable bonds is 0. The van der Waals surface area contributed by atoms with Crippen LogP contribution in [0.25, 0.3) is 0 Å². The molecule has 2 aliphatic rings. The molecule has 1 aromatic rings. The summed E-state index contributed by atoms with van der Waals surface area (Å²) in [5.41, 5.74) is 4.43. The molecule has 0 radical (unpaired) electrons. The highest BCUT2D eigenvalue weighted by Crippen LogP contribution is 2.56. The van der Waals surface area contributed by atoms with Gasteiger partial charge >= 0.3 is 0 Å². The normalized spacial score (nSPS) is 33.5. The van der Waals surface area contributed by atoms with E-state index in [-0.39, 0.29) is 0 Å². The maximum atomic E-state index is 4.66. The Hall–Kier alpha value is -0.920. The Morgan fingerprint density at radius 2 is 2.07 bits per heavy atom. The van der Waals surface area contributed by atoms with Gasteiger partial charge in [-0.2, -0.15) is 0 Å². The summed E-state index contributed by atoms with van der Waals surface area (Å²) in [6.07, 6.45) is 3.97. The van der Waals surface area contributed by atoms with E-state index in [0.29, 0.717) is 5.41 Å². The van der Waals surface area contributed by atoms with Crippen molar-refractivity contribution >= 4 is 0 Å². The van der Waals surface area contributed by atoms with Crippen LogP contribution in [-0.2, 0) is 5.41 Å². The van der Waals surface area contributed by atoms with Crippen molar-refractivity contribution in [2.75, 3.05) is 0 Å². The molecule has 14 heavy (non-hydrogen) atoms. The number of hydrogen-bond acceptors (Lipinski definition) is 2. The summed E-state index contributed by atoms with van der Waals surface area (Å²) < 4.78 is 0. The molecule has 1 fully saturated rings. The van der Waals surface area contributed by atoms with E-state index in [1.54, 1.807) is 0 Å². The summed E-state index contributed by atoms with van der Waals surface area (Å²) >= 11 is 0. The maximum Gasteiger partial charge on any atom is 0.125 e. The molecular weight excluding hydrogens is 172 g/mol. The molecule has 2 bridgehead atoms. The molecule has 0 unspecified atom stereocenters. The van der Waals surface area contributed by atoms with E-state index in [4.69, 9.17) is 0 Å². The van der Waals surface area contributed by atoms with Gasteiger partial charge in [0.1, 0.15) is 5.82 Å². The standard InChI is InChI=1S/C12H16N2/c1-7-10-9-4-5-12(3,6-9)11(10)14-8(2)13-7/h9H,4-6H2,1-3H3/t9-,12+/m1/s1. The lowest BCUT2D eigenvalue weighted by Crippen LogP contribution is -2.19. The highest BCUT2D eigenvalue weighted by Gasteiger charge is 2.48. The Balaban J connectivity index is 2.30. The number of aryl methyl sites for hydroxylation is 2. The minimum atomic E-state index is 0.373. The fourth-order valence-electron chi connectivity index (χ4n) is 3.37. The van der Waals surface area contributed by atoms with E-state index >= 15 is 0 Å². The van der Waals surface area contributed by atoms with Crippen molar-refractivity contribution in [3.63, 3.8) is 0 Å². The van der Waals surface area contributed by atoms with Gasteiger partial charge in [-0.1, -0.05) is 6.92 Å². The summed E-state index contributed by atoms with van der Waals surface area (Å²) in [5, 5.41) is 0. The van der Waals surface area contributed by atoms with Crippen molar-refractivity contribution < 1.29 is 0 Å². The summed E-state index contributed by atoms with van der Waals surface area (Å²) in [6.45, 7) is 6.50. The second-order valence-electron chi connectivity index (χ2n) is 5.12. The predicted molar refractivity (Wildman–Crippen MR) is 55.5 cm³/mol. The Morgan fingerprint density at radius 1 is 1.29 bits per heavy atom. The zero-order valence-electron chi connectivity index (χ0n) is 9.09. The van der Waals surface area contributed by atoms with Gasteiger partial charge in [-0.25, -0.2) is 9.97 Å². The van der Waals surface area contributed by atoms with Crippen LogP contribution < -0.4 is 0 Å². The summed E-state index contributed by atoms with van der Waals surface area (Å²) in [5.74, 6) is 1.70. The van der Waals surface area contributed by atoms with Gasteiger partial charge in [0.15, 0.2) is 0 Å². The molecular formula is C12H16N2. The van der Waals surface area contributed by atoms with E-state index < -0.39 is 0 Å². The number of hydrogen-bond donors (Lipinski definition) is 0. The number of nitrogens with zero attached hydrogens (tertiary/aromatic N) is 2. The fraction of sp³-hybridized carbons (Fsp3) is 0.667. The molecule has 2 aliphatic carbocycles. The smallest absolute Gasteiger partial charge is 0.125 e. The monoisotopic (exact) mass is 188 g/mol. The molecule has 3 rings (SSSR count). The van der Waals surface area contributed by atoms with Crippen LogP contribution in [0.5, 0.6) is 0 Å². The fourth-order valence-corrected chi connectivity index (χ4v) is 3.37. The molecule has 0 saturated heterocycles. The Morgan fingerprint density at radius 3 is 2.86 bits per heavy atom. The van der Waals surface area contributed by atoms with Gasteiger partial charge in [-0.3, -0.25) is 0 Å². The Kier molecular flexibility index (Phi) is 1.41. The van der Waals surface area contributed by atoms with Crippen LogP contribution in [0.4, 0.5) is 0 Å². The molecule has 0 N–H and O–H groups in total. The molecule has 0 aromatic carbocycles. The van der Waals surface area contributed by atoms with E-state index in [0.717, 1.165) is 11.7 Å². The molecule has 1 heterocycles. The summed E-state index contributed by atoms with van der Waals surface area (Å²) in [7, 11) is 0. The van der Waals surface area contributed by atoms with E-state index in [1.807, 2.05) is 6.92 Å². The van der Waals surface area contributed by atoms with Gasteiger partial charge in [0, 0.05) is 11.1 Å². The molecule has 2 heteroatoms. The van der Waals surface area contributed by atoms with Crippen LogP contribution in [0.1, 0.15) is 54.9 Å². The van der Waals surface area contributed by atoms with Gasteiger partial charge in [0.05, 0.1) is 5.69 Å². The first-order valence-corrected chi connectivity index (χ1v) is 5.46. The third kappa shape index (κ3) is 0.865. The third-order valence-electron chi connectivity index (χ3n) is 3.97. The first kappa shape index (κ1) is 8.39. The van der Waals surface area contributed by atoms with Gasteiger partial charge in [-0.05, 0) is 44.6 Å². The van der Waals surface area contributed by atoms with Crippen LogP contribution in [0.2, 0.25) is 0 Å². The molecule has 1 aromatic heterocycles. The largest absolute Gasteiger partial charge is 0.238 e. The molecule has 0 amide bonds. The lowest BCUT2D eigenvalue weighted by atomic mass is 9.85. The number of aromatic nitrogens is 2. The van der Waals surface area contributed by atoms with E-state index in [1.165, 1.54) is 36.2 Å². The van der Waals surface area contributed by atoms with Gasteiger partial charge in [0.25, 0.3) is 0 Å². The second kappa shape index (κ2) is 2.36. The van der Waals surface area contributed by atoms with Crippen molar-refractivity contribution in [1.29, 1.82) is 0 Å². The zero-order valence-corrected chi connectivity index (χ0v) is 9.09. The van der Waals surface area contributed by atoms with Crippen LogP contribution in [0.3, 0.4) is 0 Å². The average molecular weight is 188 g/mol. The maximum absolute atomic E-state index is 4.66. The topological polar surface area (TPSA) is 25.8 Å². The highest BCUT2D eigenvalue weighted by atomic mass is 14.9. The van der Waals surface area contributed by atoms with Crippen LogP contribution in [-0.4, -0.2) is 9.97 Å². The molecule has 1 saturated carbocycles. The van der Waals surface area contributed by atoms with E-state index in [9.17, 15) is 0 Å². The summed E-state index contributed by atoms with van der Waals surface area (Å²) in [6, 6.07) is 0. The van der Waals surface area contributed by atoms with Crippen molar-refractivity contribution in [3.8, 4) is 0 Å². The lowest BCUT2D eigenvalue weighted by molar-refractivity contribution is 0.487. The van der Waals surface area contributed by atoms with Gasteiger partial charge in [0.2, 0.25) is 0 Å². The van der Waals surface area contributed by atoms with Crippen LogP contribution in [0, 0.1) is 13.8 Å². The minimum absolute atomic E-state index is 0.373. The van der Waals surface area contributed by atoms with Crippen molar-refractivity contribution in [2.24, 2.45) is 0 Å². The highest BCUT2D eigenvalue weighted by molar-refractivity contribution is 5.42. The third-order valence-corrected chi connectivity index (χ3v) is 3.97. The molecule has 0 spiro atoms. The second-order valence-corrected chi connectivity index (χ2v) is 5.12. The van der Waals surface area contributed by atoms with Crippen molar-refractivity contribution in [1.82, 2.24) is 9.97 Å². The molecule has 74 valence electrons. The quantitative estimate of drug-likeness (QED) is 0.625. The first-order chi connectivity index (χ1) is 6.60. The summed E-state index contributed by atoms with van der Waals surface area (Å²) in [4.78, 5) is 9.14. The molecule has 0 aliphatic heterocycles. The van der Waals surface area contributed by atoms with Crippen LogP contribution in [0.15, 0.2) is 0 Å². The lowest BCUT2D eigenvalue weighted by Gasteiger charge is -2.23. The van der Waals surface area contributed by atoms with Crippen molar-refractivity contribution in [3.05, 3.63) is 22.8 Å². The first-order valence-electron chi connectivity index (χ1n) is 5.46. The van der Waals surface area contributed by atoms with Gasteiger partial charge in [-0.15, -0.1) is 0 Å². The Bertz CT molecular complexity index is 411. The molecule has 2 nitrogen and oxygen atoms in total. The number of fused-ring (bicyclic) bond motifs is 5. The molecule has 2 atom stereocenters. The predicted octanol–water partition coefficient (Wildman–Crippen LogP) is 2.63. The van der Waals surface area contributed by atoms with E-state index in [2.05, 4.69) is 23.8 Å². The minimum Gasteiger partial charge on any atom is -0.238 e. The zero-order chi connectivity index (χ0) is 9.92. The van der Waals surface area contributed by atoms with Crippen LogP contribution >= 0.6 is 0 Å². The van der Waals surface area contributed by atoms with Gasteiger partial charge < -0.3 is 0 Å². The average Bonchev–Trinajstić information content (AvgIpc) is 2.58.